The van der Waals surface area contributed by atoms with Crippen LogP contribution in [0.25, 0.3) is 0 Å². The van der Waals surface area contributed by atoms with Gasteiger partial charge in [0.25, 0.3) is 0 Å². The number of benzene rings is 2. The molecular weight excluding hydrogens is 286 g/mol. The lowest BCUT2D eigenvalue weighted by atomic mass is 9.98. The summed E-state index contributed by atoms with van der Waals surface area (Å²) in [5.74, 6) is -0.0716. The third kappa shape index (κ3) is 2.63. The maximum atomic E-state index is 12.6. The Hall–Kier alpha value is -2.89. The van der Waals surface area contributed by atoms with Gasteiger partial charge in [-0.25, -0.2) is 0 Å². The second kappa shape index (κ2) is 6.26. The van der Waals surface area contributed by atoms with Crippen LogP contribution in [0.15, 0.2) is 36.4 Å². The smallest absolute Gasteiger partial charge is 0.317 e. The van der Waals surface area contributed by atoms with E-state index >= 15 is 0 Å². The monoisotopic (exact) mass is 301 g/mol. The minimum atomic E-state index is -0.548. The maximum absolute atomic E-state index is 12.6. The van der Waals surface area contributed by atoms with Crippen LogP contribution in [0.3, 0.4) is 0 Å². The van der Waals surface area contributed by atoms with Gasteiger partial charge in [-0.2, -0.15) is 0 Å². The summed E-state index contributed by atoms with van der Waals surface area (Å²) in [6.45, 7) is 1.53. The molecule has 2 aromatic rings. The highest BCUT2D eigenvalue weighted by Gasteiger charge is 2.28. The van der Waals surface area contributed by atoms with E-state index in [9.17, 15) is 14.9 Å². The Bertz CT molecular complexity index is 725. The fraction of sp³-hybridized carbons (Fsp3) is 0.188. The molecule has 0 unspecified atom stereocenters. The van der Waals surface area contributed by atoms with Crippen LogP contribution >= 0.6 is 0 Å². The zero-order chi connectivity index (χ0) is 16.3. The van der Waals surface area contributed by atoms with Crippen LogP contribution in [0.4, 0.5) is 5.69 Å². The van der Waals surface area contributed by atoms with Crippen LogP contribution < -0.4 is 9.47 Å². The Labute approximate surface area is 127 Å². The number of nitro groups is 1. The molecular formula is C16H15NO5. The summed E-state index contributed by atoms with van der Waals surface area (Å²) < 4.78 is 10.3. The lowest BCUT2D eigenvalue weighted by Crippen LogP contribution is -2.08. The van der Waals surface area contributed by atoms with Gasteiger partial charge < -0.3 is 9.47 Å². The summed E-state index contributed by atoms with van der Waals surface area (Å²) in [6, 6.07) is 9.98. The Morgan fingerprint density at radius 2 is 1.77 bits per heavy atom. The van der Waals surface area contributed by atoms with E-state index in [-0.39, 0.29) is 34.1 Å². The summed E-state index contributed by atoms with van der Waals surface area (Å²) in [7, 11) is 2.70. The largest absolute Gasteiger partial charge is 0.495 e. The molecule has 2 rings (SSSR count). The Morgan fingerprint density at radius 1 is 1.14 bits per heavy atom. The van der Waals surface area contributed by atoms with E-state index in [1.165, 1.54) is 27.2 Å². The topological polar surface area (TPSA) is 78.7 Å². The lowest BCUT2D eigenvalue weighted by molar-refractivity contribution is -0.386. The van der Waals surface area contributed by atoms with Crippen LogP contribution in [0.1, 0.15) is 21.5 Å². The number of nitrogens with zero attached hydrogens (tertiary/aromatic N) is 1. The molecule has 0 N–H and O–H groups in total. The molecule has 6 nitrogen and oxygen atoms in total. The van der Waals surface area contributed by atoms with E-state index in [0.717, 1.165) is 0 Å². The molecule has 0 amide bonds. The Balaban J connectivity index is 2.69. The predicted molar refractivity (Wildman–Crippen MR) is 80.8 cm³/mol. The molecule has 0 saturated carbocycles. The van der Waals surface area contributed by atoms with E-state index in [0.29, 0.717) is 5.56 Å². The highest BCUT2D eigenvalue weighted by Crippen LogP contribution is 2.40. The van der Waals surface area contributed by atoms with Crippen molar-refractivity contribution in [1.29, 1.82) is 0 Å². The van der Waals surface area contributed by atoms with Crippen molar-refractivity contribution in [1.82, 2.24) is 0 Å². The van der Waals surface area contributed by atoms with Gasteiger partial charge in [0.1, 0.15) is 5.75 Å². The zero-order valence-corrected chi connectivity index (χ0v) is 12.5. The van der Waals surface area contributed by atoms with Crippen LogP contribution in [0.5, 0.6) is 11.5 Å². The molecule has 0 atom stereocenters. The number of methoxy groups -OCH3 is 2. The number of ketones is 1. The second-order valence-electron chi connectivity index (χ2n) is 4.59. The SMILES string of the molecule is COc1cc(C(=O)c2ccccc2)c(OC)c(C)c1[N+](=O)[O-]. The highest BCUT2D eigenvalue weighted by atomic mass is 16.6. The van der Waals surface area contributed by atoms with Gasteiger partial charge in [-0.1, -0.05) is 30.3 Å². The quantitative estimate of drug-likeness (QED) is 0.481. The average molecular weight is 301 g/mol. The minimum Gasteiger partial charge on any atom is -0.495 e. The van der Waals surface area contributed by atoms with Gasteiger partial charge in [-0.15, -0.1) is 0 Å². The van der Waals surface area contributed by atoms with Crippen molar-refractivity contribution in [2.45, 2.75) is 6.92 Å². The molecule has 0 aliphatic carbocycles. The van der Waals surface area contributed by atoms with Crippen LogP contribution in [0.2, 0.25) is 0 Å². The molecule has 114 valence electrons. The van der Waals surface area contributed by atoms with Crippen LogP contribution in [-0.4, -0.2) is 24.9 Å². The number of ether oxygens (including phenoxy) is 2. The van der Waals surface area contributed by atoms with E-state index < -0.39 is 4.92 Å². The normalized spacial score (nSPS) is 10.1. The molecule has 0 fully saturated rings. The number of nitro benzene ring substituents is 1. The summed E-state index contributed by atoms with van der Waals surface area (Å²) in [5, 5.41) is 11.2. The fourth-order valence-electron chi connectivity index (χ4n) is 2.32. The molecule has 22 heavy (non-hydrogen) atoms. The standard InChI is InChI=1S/C16H15NO5/c1-10-14(17(19)20)13(21-2)9-12(16(10)22-3)15(18)11-7-5-4-6-8-11/h4-9H,1-3H3. The first kappa shape index (κ1) is 15.5. The first-order valence-electron chi connectivity index (χ1n) is 6.51. The average Bonchev–Trinajstić information content (AvgIpc) is 2.53. The van der Waals surface area contributed by atoms with Crippen molar-refractivity contribution in [3.8, 4) is 11.5 Å². The summed E-state index contributed by atoms with van der Waals surface area (Å²) in [5.41, 5.74) is 0.750. The second-order valence-corrected chi connectivity index (χ2v) is 4.59. The molecule has 0 aliphatic rings. The third-order valence-electron chi connectivity index (χ3n) is 3.34. The van der Waals surface area contributed by atoms with Gasteiger partial charge in [0.05, 0.1) is 30.3 Å². The Kier molecular flexibility index (Phi) is 4.41. The number of carbonyl (C=O) groups is 1. The summed E-state index contributed by atoms with van der Waals surface area (Å²) >= 11 is 0. The molecule has 0 saturated heterocycles. The molecule has 6 heteroatoms. The lowest BCUT2D eigenvalue weighted by Gasteiger charge is -2.13. The predicted octanol–water partition coefficient (Wildman–Crippen LogP) is 3.15. The number of hydrogen-bond donors (Lipinski definition) is 0. The summed E-state index contributed by atoms with van der Waals surface area (Å²) in [6.07, 6.45) is 0. The zero-order valence-electron chi connectivity index (χ0n) is 12.5. The van der Waals surface area contributed by atoms with Crippen LogP contribution in [-0.2, 0) is 0 Å². The minimum absolute atomic E-state index is 0.0302. The molecule has 0 spiro atoms. The van der Waals surface area contributed by atoms with E-state index in [1.807, 2.05) is 0 Å². The van der Waals surface area contributed by atoms with Crippen molar-refractivity contribution < 1.29 is 19.2 Å². The van der Waals surface area contributed by atoms with Crippen LogP contribution in [0, 0.1) is 17.0 Å². The number of rotatable bonds is 5. The first-order valence-corrected chi connectivity index (χ1v) is 6.51. The van der Waals surface area contributed by atoms with Crippen molar-refractivity contribution >= 4 is 11.5 Å². The van der Waals surface area contributed by atoms with E-state index in [1.54, 1.807) is 30.3 Å². The molecule has 0 aromatic heterocycles. The number of hydrogen-bond acceptors (Lipinski definition) is 5. The van der Waals surface area contributed by atoms with Crippen molar-refractivity contribution in [2.75, 3.05) is 14.2 Å². The molecule has 0 bridgehead atoms. The van der Waals surface area contributed by atoms with Gasteiger partial charge >= 0.3 is 5.69 Å². The van der Waals surface area contributed by atoms with Gasteiger partial charge in [-0.05, 0) is 6.92 Å². The van der Waals surface area contributed by atoms with Gasteiger partial charge in [-0.3, -0.25) is 14.9 Å². The number of carbonyl (C=O) groups excluding carboxylic acids is 1. The third-order valence-corrected chi connectivity index (χ3v) is 3.34. The van der Waals surface area contributed by atoms with Gasteiger partial charge in [0, 0.05) is 11.6 Å². The van der Waals surface area contributed by atoms with E-state index in [2.05, 4.69) is 0 Å². The van der Waals surface area contributed by atoms with Crippen molar-refractivity contribution in [2.24, 2.45) is 0 Å². The molecule has 0 heterocycles. The maximum Gasteiger partial charge on any atom is 0.317 e. The van der Waals surface area contributed by atoms with E-state index in [4.69, 9.17) is 9.47 Å². The van der Waals surface area contributed by atoms with Crippen molar-refractivity contribution in [3.05, 3.63) is 63.2 Å². The van der Waals surface area contributed by atoms with Crippen molar-refractivity contribution in [3.63, 3.8) is 0 Å². The molecule has 0 aliphatic heterocycles. The molecule has 2 aromatic carbocycles. The van der Waals surface area contributed by atoms with Gasteiger partial charge in [0.15, 0.2) is 11.5 Å². The highest BCUT2D eigenvalue weighted by molar-refractivity contribution is 6.11. The van der Waals surface area contributed by atoms with Gasteiger partial charge in [0.2, 0.25) is 0 Å². The Morgan fingerprint density at radius 3 is 2.27 bits per heavy atom. The molecule has 0 radical (unpaired) electrons. The fourth-order valence-corrected chi connectivity index (χ4v) is 2.32. The summed E-state index contributed by atoms with van der Waals surface area (Å²) in [4.78, 5) is 23.3. The first-order chi connectivity index (χ1) is 10.5.